The van der Waals surface area contributed by atoms with Crippen LogP contribution in [0.2, 0.25) is 0 Å². The second-order valence-electron chi connectivity index (χ2n) is 6.89. The van der Waals surface area contributed by atoms with E-state index in [2.05, 4.69) is 0 Å². The fraction of sp³-hybridized carbons (Fsp3) is 0.632. The van der Waals surface area contributed by atoms with E-state index in [1.54, 1.807) is 4.90 Å². The van der Waals surface area contributed by atoms with Crippen LogP contribution in [0.4, 0.5) is 0 Å². The van der Waals surface area contributed by atoms with Crippen LogP contribution >= 0.6 is 0 Å². The molecule has 7 heteroatoms. The van der Waals surface area contributed by atoms with Crippen LogP contribution in [0.3, 0.4) is 0 Å². The first-order valence-corrected chi connectivity index (χ1v) is 10.8. The fourth-order valence-corrected chi connectivity index (χ4v) is 4.68. The lowest BCUT2D eigenvalue weighted by atomic mass is 10.1. The van der Waals surface area contributed by atoms with Crippen LogP contribution in [0, 0.1) is 20.8 Å². The molecular weight excluding hydrogens is 352 g/mol. The van der Waals surface area contributed by atoms with Crippen molar-refractivity contribution in [3.8, 4) is 5.75 Å². The lowest BCUT2D eigenvalue weighted by Crippen LogP contribution is -2.52. The molecule has 2 rings (SSSR count). The first kappa shape index (κ1) is 20.7. The van der Waals surface area contributed by atoms with Crippen molar-refractivity contribution < 1.29 is 17.9 Å². The largest absolute Gasteiger partial charge is 0.483 e. The molecule has 0 aliphatic carbocycles. The lowest BCUT2D eigenvalue weighted by molar-refractivity contribution is -0.134. The topological polar surface area (TPSA) is 66.9 Å². The summed E-state index contributed by atoms with van der Waals surface area (Å²) in [6.45, 7) is 9.48. The minimum absolute atomic E-state index is 0.0201. The number of rotatable bonds is 7. The third-order valence-corrected chi connectivity index (χ3v) is 6.91. The molecule has 1 heterocycles. The molecule has 0 N–H and O–H groups in total. The number of sulfonamides is 1. The smallest absolute Gasteiger partial charge is 0.260 e. The van der Waals surface area contributed by atoms with Crippen LogP contribution in [-0.2, 0) is 14.8 Å². The van der Waals surface area contributed by atoms with Gasteiger partial charge in [-0.15, -0.1) is 0 Å². The van der Waals surface area contributed by atoms with Crippen LogP contribution in [0.15, 0.2) is 12.1 Å². The summed E-state index contributed by atoms with van der Waals surface area (Å²) in [7, 11) is -3.20. The third kappa shape index (κ3) is 4.98. The highest BCUT2D eigenvalue weighted by molar-refractivity contribution is 7.89. The maximum Gasteiger partial charge on any atom is 0.260 e. The van der Waals surface area contributed by atoms with Gasteiger partial charge >= 0.3 is 0 Å². The van der Waals surface area contributed by atoms with Gasteiger partial charge in [0.05, 0.1) is 5.75 Å². The molecule has 0 aromatic heterocycles. The van der Waals surface area contributed by atoms with Crippen LogP contribution in [-0.4, -0.2) is 62.1 Å². The standard InChI is InChI=1S/C19H30N2O4S/c1-5-6-13-26(23,24)21-11-9-20(10-12-21)18(22)14-25-19-16(3)8-7-15(2)17(19)4/h7-8H,5-6,9-14H2,1-4H3. The highest BCUT2D eigenvalue weighted by Crippen LogP contribution is 2.25. The van der Waals surface area contributed by atoms with Crippen LogP contribution < -0.4 is 4.74 Å². The molecule has 6 nitrogen and oxygen atoms in total. The van der Waals surface area contributed by atoms with E-state index in [-0.39, 0.29) is 18.3 Å². The van der Waals surface area contributed by atoms with Crippen LogP contribution in [0.1, 0.15) is 36.5 Å². The molecule has 1 fully saturated rings. The number of carbonyl (C=O) groups excluding carboxylic acids is 1. The number of ether oxygens (including phenoxy) is 1. The van der Waals surface area contributed by atoms with Crippen molar-refractivity contribution in [2.45, 2.75) is 40.5 Å². The number of carbonyl (C=O) groups is 1. The van der Waals surface area contributed by atoms with Gasteiger partial charge in [0, 0.05) is 26.2 Å². The second-order valence-corrected chi connectivity index (χ2v) is 8.98. The quantitative estimate of drug-likeness (QED) is 0.725. The lowest BCUT2D eigenvalue weighted by Gasteiger charge is -2.34. The Labute approximate surface area is 157 Å². The van der Waals surface area contributed by atoms with E-state index < -0.39 is 10.0 Å². The van der Waals surface area contributed by atoms with Crippen molar-refractivity contribution in [2.75, 3.05) is 38.5 Å². The molecule has 0 saturated carbocycles. The Morgan fingerprint density at radius 2 is 1.69 bits per heavy atom. The van der Waals surface area contributed by atoms with Gasteiger partial charge in [0.1, 0.15) is 5.75 Å². The molecule has 0 radical (unpaired) electrons. The van der Waals surface area contributed by atoms with Gasteiger partial charge in [0.2, 0.25) is 10.0 Å². The molecule has 26 heavy (non-hydrogen) atoms. The molecule has 146 valence electrons. The van der Waals surface area contributed by atoms with Crippen molar-refractivity contribution in [3.05, 3.63) is 28.8 Å². The van der Waals surface area contributed by atoms with E-state index >= 15 is 0 Å². The van der Waals surface area contributed by atoms with Crippen LogP contribution in [0.25, 0.3) is 0 Å². The zero-order valence-corrected chi connectivity index (χ0v) is 17.1. The molecule has 1 saturated heterocycles. The van der Waals surface area contributed by atoms with Gasteiger partial charge in [-0.05, 0) is 43.9 Å². The van der Waals surface area contributed by atoms with Crippen molar-refractivity contribution in [2.24, 2.45) is 0 Å². The zero-order chi connectivity index (χ0) is 19.3. The molecule has 0 atom stereocenters. The molecule has 1 aromatic carbocycles. The Kier molecular flexibility index (Phi) is 7.06. The summed E-state index contributed by atoms with van der Waals surface area (Å²) in [4.78, 5) is 14.1. The molecule has 1 aliphatic rings. The predicted octanol–water partition coefficient (Wildman–Crippen LogP) is 2.26. The van der Waals surface area contributed by atoms with E-state index in [1.807, 2.05) is 39.8 Å². The Balaban J connectivity index is 1.88. The third-order valence-electron chi connectivity index (χ3n) is 4.95. The summed E-state index contributed by atoms with van der Waals surface area (Å²) in [6, 6.07) is 4.03. The molecule has 0 bridgehead atoms. The number of unbranched alkanes of at least 4 members (excludes halogenated alkanes) is 1. The number of piperazine rings is 1. The minimum Gasteiger partial charge on any atom is -0.483 e. The summed E-state index contributed by atoms with van der Waals surface area (Å²) in [5.74, 6) is 0.849. The summed E-state index contributed by atoms with van der Waals surface area (Å²) in [5.41, 5.74) is 3.18. The highest BCUT2D eigenvalue weighted by Gasteiger charge is 2.28. The maximum atomic E-state index is 12.4. The van der Waals surface area contributed by atoms with Crippen molar-refractivity contribution in [1.82, 2.24) is 9.21 Å². The van der Waals surface area contributed by atoms with Crippen molar-refractivity contribution >= 4 is 15.9 Å². The van der Waals surface area contributed by atoms with Gasteiger partial charge in [-0.1, -0.05) is 25.5 Å². The Bertz CT molecular complexity index is 738. The van der Waals surface area contributed by atoms with Gasteiger partial charge in [0.25, 0.3) is 5.91 Å². The van der Waals surface area contributed by atoms with E-state index in [0.717, 1.165) is 28.9 Å². The molecule has 1 aliphatic heterocycles. The van der Waals surface area contributed by atoms with Gasteiger partial charge < -0.3 is 9.64 Å². The SMILES string of the molecule is CCCCS(=O)(=O)N1CCN(C(=O)COc2c(C)ccc(C)c2C)CC1. The van der Waals surface area contributed by atoms with E-state index in [0.29, 0.717) is 32.6 Å². The van der Waals surface area contributed by atoms with E-state index in [9.17, 15) is 13.2 Å². The summed E-state index contributed by atoms with van der Waals surface area (Å²) < 4.78 is 31.8. The molecule has 0 unspecified atom stereocenters. The maximum absolute atomic E-state index is 12.4. The van der Waals surface area contributed by atoms with E-state index in [4.69, 9.17) is 4.74 Å². The predicted molar refractivity (Wildman–Crippen MR) is 103 cm³/mol. The Hall–Kier alpha value is -1.60. The number of amides is 1. The molecular formula is C19H30N2O4S. The van der Waals surface area contributed by atoms with Gasteiger partial charge in [0.15, 0.2) is 6.61 Å². The summed E-state index contributed by atoms with van der Waals surface area (Å²) in [6.07, 6.45) is 1.53. The Morgan fingerprint density at radius 3 is 2.31 bits per heavy atom. The average molecular weight is 383 g/mol. The number of aryl methyl sites for hydroxylation is 2. The molecule has 1 aromatic rings. The number of benzene rings is 1. The number of hydrogen-bond acceptors (Lipinski definition) is 4. The summed E-state index contributed by atoms with van der Waals surface area (Å²) >= 11 is 0. The fourth-order valence-electron chi connectivity index (χ4n) is 3.04. The Morgan fingerprint density at radius 1 is 1.08 bits per heavy atom. The second kappa shape index (κ2) is 8.86. The minimum atomic E-state index is -3.20. The van der Waals surface area contributed by atoms with Gasteiger partial charge in [-0.25, -0.2) is 8.42 Å². The van der Waals surface area contributed by atoms with E-state index in [1.165, 1.54) is 4.31 Å². The monoisotopic (exact) mass is 382 g/mol. The number of nitrogens with zero attached hydrogens (tertiary/aromatic N) is 2. The van der Waals surface area contributed by atoms with Crippen molar-refractivity contribution in [3.63, 3.8) is 0 Å². The first-order valence-electron chi connectivity index (χ1n) is 9.21. The molecule has 1 amide bonds. The van der Waals surface area contributed by atoms with Gasteiger partial charge in [-0.3, -0.25) is 4.79 Å². The molecule has 0 spiro atoms. The zero-order valence-electron chi connectivity index (χ0n) is 16.2. The van der Waals surface area contributed by atoms with Crippen LogP contribution in [0.5, 0.6) is 5.75 Å². The summed E-state index contributed by atoms with van der Waals surface area (Å²) in [5, 5.41) is 0. The number of hydrogen-bond donors (Lipinski definition) is 0. The highest BCUT2D eigenvalue weighted by atomic mass is 32.2. The normalized spacial score (nSPS) is 15.9. The van der Waals surface area contributed by atoms with Gasteiger partial charge in [-0.2, -0.15) is 4.31 Å². The first-order chi connectivity index (χ1) is 12.3. The van der Waals surface area contributed by atoms with Crippen molar-refractivity contribution in [1.29, 1.82) is 0 Å². The average Bonchev–Trinajstić information content (AvgIpc) is 2.63.